The second kappa shape index (κ2) is 1.89. The lowest BCUT2D eigenvalue weighted by Crippen LogP contribution is -2.07. The van der Waals surface area contributed by atoms with Crippen molar-refractivity contribution in [3.05, 3.63) is 22.2 Å². The molecule has 0 saturated carbocycles. The standard InChI is InChI=1S/C5H6N2O2/c1-3-2-4(8)7-5(6)9-3/h2H,1H3,(H2,6,7,8). The van der Waals surface area contributed by atoms with Gasteiger partial charge in [0.1, 0.15) is 5.76 Å². The lowest BCUT2D eigenvalue weighted by molar-refractivity contribution is 0.515. The third kappa shape index (κ3) is 1.28. The maximum absolute atomic E-state index is 10.5. The van der Waals surface area contributed by atoms with E-state index in [1.165, 1.54) is 6.07 Å². The van der Waals surface area contributed by atoms with Crippen LogP contribution in [0.1, 0.15) is 5.76 Å². The van der Waals surface area contributed by atoms with Crippen molar-refractivity contribution in [2.75, 3.05) is 5.73 Å². The smallest absolute Gasteiger partial charge is 0.295 e. The molecular formula is C5H6N2O2. The second-order valence-corrected chi connectivity index (χ2v) is 1.65. The van der Waals surface area contributed by atoms with Crippen molar-refractivity contribution in [2.24, 2.45) is 0 Å². The molecule has 1 rings (SSSR count). The molecule has 0 atom stereocenters. The number of anilines is 1. The summed E-state index contributed by atoms with van der Waals surface area (Å²) in [6.07, 6.45) is 0. The van der Waals surface area contributed by atoms with Gasteiger partial charge in [-0.1, -0.05) is 0 Å². The van der Waals surface area contributed by atoms with Crippen molar-refractivity contribution < 1.29 is 4.42 Å². The number of aryl methyl sites for hydroxylation is 1. The van der Waals surface area contributed by atoms with Crippen molar-refractivity contribution >= 4 is 6.01 Å². The van der Waals surface area contributed by atoms with E-state index in [2.05, 4.69) is 4.98 Å². The highest BCUT2D eigenvalue weighted by atomic mass is 16.4. The van der Waals surface area contributed by atoms with Crippen LogP contribution in [-0.2, 0) is 0 Å². The van der Waals surface area contributed by atoms with Gasteiger partial charge in [-0.15, -0.1) is 0 Å². The van der Waals surface area contributed by atoms with E-state index in [0.717, 1.165) is 0 Å². The van der Waals surface area contributed by atoms with E-state index < -0.39 is 0 Å². The average Bonchev–Trinajstić information content (AvgIpc) is 1.59. The van der Waals surface area contributed by atoms with Crippen LogP contribution < -0.4 is 11.3 Å². The summed E-state index contributed by atoms with van der Waals surface area (Å²) < 4.78 is 4.72. The van der Waals surface area contributed by atoms with Crippen molar-refractivity contribution in [1.82, 2.24) is 4.98 Å². The normalized spacial score (nSPS) is 9.44. The monoisotopic (exact) mass is 126 g/mol. The number of nitrogens with zero attached hydrogens (tertiary/aromatic N) is 1. The van der Waals surface area contributed by atoms with Crippen molar-refractivity contribution in [1.29, 1.82) is 0 Å². The van der Waals surface area contributed by atoms with Gasteiger partial charge in [0.2, 0.25) is 0 Å². The molecule has 0 aliphatic rings. The molecule has 1 aromatic rings. The van der Waals surface area contributed by atoms with Gasteiger partial charge in [-0.25, -0.2) is 0 Å². The SMILES string of the molecule is Cc1cc(=O)nc(N)o1. The molecule has 0 bridgehead atoms. The van der Waals surface area contributed by atoms with E-state index in [1.807, 2.05) is 0 Å². The van der Waals surface area contributed by atoms with Gasteiger partial charge in [0.05, 0.1) is 0 Å². The number of hydrogen-bond acceptors (Lipinski definition) is 4. The zero-order valence-electron chi connectivity index (χ0n) is 4.92. The zero-order chi connectivity index (χ0) is 6.85. The molecule has 9 heavy (non-hydrogen) atoms. The Morgan fingerprint density at radius 1 is 1.78 bits per heavy atom. The molecule has 0 unspecified atom stereocenters. The minimum Gasteiger partial charge on any atom is -0.431 e. The van der Waals surface area contributed by atoms with Gasteiger partial charge < -0.3 is 10.2 Å². The predicted octanol–water partition coefficient (Wildman–Crippen LogP) is -0.0746. The van der Waals surface area contributed by atoms with Crippen molar-refractivity contribution in [3.63, 3.8) is 0 Å². The summed E-state index contributed by atoms with van der Waals surface area (Å²) in [6.45, 7) is 1.64. The Labute approximate surface area is 51.3 Å². The first-order valence-electron chi connectivity index (χ1n) is 2.43. The average molecular weight is 126 g/mol. The van der Waals surface area contributed by atoms with Gasteiger partial charge in [0.15, 0.2) is 0 Å². The first-order chi connectivity index (χ1) is 4.18. The number of hydrogen-bond donors (Lipinski definition) is 1. The fourth-order valence-corrected chi connectivity index (χ4v) is 0.532. The third-order valence-electron chi connectivity index (χ3n) is 0.813. The number of nitrogens with two attached hydrogens (primary N) is 1. The van der Waals surface area contributed by atoms with Gasteiger partial charge in [0.25, 0.3) is 11.6 Å². The fraction of sp³-hybridized carbons (Fsp3) is 0.200. The van der Waals surface area contributed by atoms with Gasteiger partial charge in [-0.3, -0.25) is 4.79 Å². The highest BCUT2D eigenvalue weighted by Crippen LogP contribution is 1.95. The van der Waals surface area contributed by atoms with E-state index >= 15 is 0 Å². The lowest BCUT2D eigenvalue weighted by atomic mass is 10.5. The Kier molecular flexibility index (Phi) is 1.22. The molecule has 48 valence electrons. The highest BCUT2D eigenvalue weighted by Gasteiger charge is 1.92. The molecule has 0 amide bonds. The predicted molar refractivity (Wildman–Crippen MR) is 31.9 cm³/mol. The fourth-order valence-electron chi connectivity index (χ4n) is 0.532. The minimum absolute atomic E-state index is 0.0833. The van der Waals surface area contributed by atoms with Crippen molar-refractivity contribution in [3.8, 4) is 0 Å². The second-order valence-electron chi connectivity index (χ2n) is 1.65. The number of nitrogen functional groups attached to an aromatic ring is 1. The summed E-state index contributed by atoms with van der Waals surface area (Å²) in [7, 11) is 0. The maximum Gasteiger partial charge on any atom is 0.295 e. The molecule has 0 radical (unpaired) electrons. The molecule has 0 aliphatic heterocycles. The van der Waals surface area contributed by atoms with Crippen LogP contribution >= 0.6 is 0 Å². The van der Waals surface area contributed by atoms with Crippen LogP contribution in [0.3, 0.4) is 0 Å². The quantitative estimate of drug-likeness (QED) is 0.528. The van der Waals surface area contributed by atoms with Crippen LogP contribution in [-0.4, -0.2) is 4.98 Å². The first kappa shape index (κ1) is 5.81. The molecule has 1 heterocycles. The molecule has 0 fully saturated rings. The Hall–Kier alpha value is -1.32. The number of aromatic nitrogens is 1. The van der Waals surface area contributed by atoms with E-state index in [-0.39, 0.29) is 11.6 Å². The molecule has 0 aliphatic carbocycles. The van der Waals surface area contributed by atoms with Crippen LogP contribution in [0.2, 0.25) is 0 Å². The topological polar surface area (TPSA) is 69.1 Å². The van der Waals surface area contributed by atoms with Gasteiger partial charge >= 0.3 is 0 Å². The molecule has 4 nitrogen and oxygen atoms in total. The Bertz CT molecular complexity index is 243. The molecule has 0 saturated heterocycles. The van der Waals surface area contributed by atoms with E-state index in [1.54, 1.807) is 6.92 Å². The summed E-state index contributed by atoms with van der Waals surface area (Å²) in [4.78, 5) is 13.8. The summed E-state index contributed by atoms with van der Waals surface area (Å²) in [5, 5.41) is 0. The van der Waals surface area contributed by atoms with Crippen LogP contribution in [0, 0.1) is 6.92 Å². The van der Waals surface area contributed by atoms with Crippen LogP contribution in [0.5, 0.6) is 0 Å². The van der Waals surface area contributed by atoms with Crippen molar-refractivity contribution in [2.45, 2.75) is 6.92 Å². The summed E-state index contributed by atoms with van der Waals surface area (Å²) in [5.74, 6) is 0.479. The number of rotatable bonds is 0. The molecule has 0 aromatic carbocycles. The lowest BCUT2D eigenvalue weighted by Gasteiger charge is -1.89. The highest BCUT2D eigenvalue weighted by molar-refractivity contribution is 5.09. The van der Waals surface area contributed by atoms with E-state index in [0.29, 0.717) is 5.76 Å². The zero-order valence-corrected chi connectivity index (χ0v) is 4.92. The Morgan fingerprint density at radius 2 is 2.44 bits per heavy atom. The molecule has 4 heteroatoms. The Morgan fingerprint density at radius 3 is 2.89 bits per heavy atom. The molecular weight excluding hydrogens is 120 g/mol. The molecule has 2 N–H and O–H groups in total. The maximum atomic E-state index is 10.5. The van der Waals surface area contributed by atoms with E-state index in [4.69, 9.17) is 10.2 Å². The van der Waals surface area contributed by atoms with Crippen LogP contribution in [0.15, 0.2) is 15.3 Å². The Balaban J connectivity index is 3.33. The minimum atomic E-state index is -0.365. The van der Waals surface area contributed by atoms with Gasteiger partial charge in [-0.2, -0.15) is 4.98 Å². The first-order valence-corrected chi connectivity index (χ1v) is 2.43. The summed E-state index contributed by atoms with van der Waals surface area (Å²) in [5.41, 5.74) is 4.72. The van der Waals surface area contributed by atoms with Crippen LogP contribution in [0.25, 0.3) is 0 Å². The van der Waals surface area contributed by atoms with Crippen LogP contribution in [0.4, 0.5) is 6.01 Å². The van der Waals surface area contributed by atoms with Gasteiger partial charge in [0, 0.05) is 6.07 Å². The molecule has 1 aromatic heterocycles. The van der Waals surface area contributed by atoms with E-state index in [9.17, 15) is 4.79 Å². The summed E-state index contributed by atoms with van der Waals surface area (Å²) in [6, 6.07) is 1.19. The summed E-state index contributed by atoms with van der Waals surface area (Å²) >= 11 is 0. The molecule has 0 spiro atoms. The largest absolute Gasteiger partial charge is 0.431 e. The van der Waals surface area contributed by atoms with Gasteiger partial charge in [-0.05, 0) is 6.92 Å². The third-order valence-corrected chi connectivity index (χ3v) is 0.813.